The average molecular weight is 1100 g/mol. The minimum atomic E-state index is -5.13. The van der Waals surface area contributed by atoms with E-state index in [-0.39, 0.29) is 35.2 Å². The van der Waals surface area contributed by atoms with E-state index >= 15 is 8.78 Å². The number of sulfonamides is 1. The van der Waals surface area contributed by atoms with Crippen LogP contribution in [-0.2, 0) is 51.7 Å². The Kier molecular flexibility index (Phi) is 12.7. The van der Waals surface area contributed by atoms with Crippen molar-refractivity contribution in [2.24, 2.45) is 13.0 Å². The third kappa shape index (κ3) is 9.65. The molecule has 2 N–H and O–H groups in total. The Morgan fingerprint density at radius 2 is 1.71 bits per heavy atom. The smallest absolute Gasteiger partial charge is 0.435 e. The Balaban J connectivity index is 1.27. The van der Waals surface area contributed by atoms with Crippen molar-refractivity contribution in [1.82, 2.24) is 39.7 Å². The zero-order valence-corrected chi connectivity index (χ0v) is 41.1. The van der Waals surface area contributed by atoms with Gasteiger partial charge in [0.1, 0.15) is 29.5 Å². The molecule has 364 valence electrons. The highest BCUT2D eigenvalue weighted by atomic mass is 127. The minimum absolute atomic E-state index is 0.00732. The number of hydrogen-bond acceptors (Lipinski definition) is 11. The Labute approximate surface area is 402 Å². The van der Waals surface area contributed by atoms with Crippen molar-refractivity contribution in [3.8, 4) is 11.1 Å². The van der Waals surface area contributed by atoms with Crippen LogP contribution in [0.2, 0.25) is 0 Å². The van der Waals surface area contributed by atoms with Gasteiger partial charge in [0.25, 0.3) is 5.92 Å². The second-order valence-electron chi connectivity index (χ2n) is 17.9. The molecule has 8 rings (SSSR count). The number of fused-ring (bicyclic) bond motifs is 3. The molecule has 1 aliphatic carbocycles. The van der Waals surface area contributed by atoms with Gasteiger partial charge in [-0.1, -0.05) is 53.0 Å². The second-order valence-corrected chi connectivity index (χ2v) is 22.0. The molecule has 1 aliphatic heterocycles. The number of nitrogens with zero attached hydrogens (tertiary/aromatic N) is 8. The van der Waals surface area contributed by atoms with Gasteiger partial charge in [0, 0.05) is 70.7 Å². The summed E-state index contributed by atoms with van der Waals surface area (Å²) in [4.78, 5) is 40.7. The summed E-state index contributed by atoms with van der Waals surface area (Å²) in [5.74, 6) is -8.38. The Bertz CT molecular complexity index is 3080. The number of carbonyl (C=O) groups is 2. The lowest BCUT2D eigenvalue weighted by Crippen LogP contribution is -2.55. The fourth-order valence-corrected chi connectivity index (χ4v) is 11.2. The summed E-state index contributed by atoms with van der Waals surface area (Å²) < 4.78 is 138. The number of thiazole rings is 1. The molecular formula is C43H44F7IN10O5S2. The highest BCUT2D eigenvalue weighted by molar-refractivity contribution is 14.1. The number of anilines is 2. The van der Waals surface area contributed by atoms with Gasteiger partial charge in [-0.15, -0.1) is 0 Å². The number of pyridine rings is 1. The number of piperazine rings is 1. The van der Waals surface area contributed by atoms with Crippen LogP contribution in [0.5, 0.6) is 0 Å². The van der Waals surface area contributed by atoms with E-state index in [0.717, 1.165) is 25.3 Å². The standard InChI is InChI=1S/C43H44F7IN10O5S2/c1-20-18-59(11-12-60(20)40(63)66-41(3,4)5)39-54-38-29(67-39)17-27(25-9-8-10-26-34(25)58(6)56-37(26)57-68(7,64)65)33(53-38)28(15-22-13-23(44)16-24(45)14-22)52-30(62)19-61-36-31(35(55-61)43(48,49)50)32(51)21(2)42(36,46)47/h8-10,13-14,16-17,20-21,28,32H,11-12,15,18-19H2,1-7H3,(H,52,62)(H,56,57)/t20-,21-,28+,32+/m1/s1. The van der Waals surface area contributed by atoms with Crippen molar-refractivity contribution in [3.63, 3.8) is 0 Å². The van der Waals surface area contributed by atoms with Crippen molar-refractivity contribution >= 4 is 88.2 Å². The molecule has 4 atom stereocenters. The molecule has 15 nitrogen and oxygen atoms in total. The molecule has 4 aromatic heterocycles. The largest absolute Gasteiger partial charge is 0.444 e. The molecule has 0 unspecified atom stereocenters. The number of para-hydroxylation sites is 1. The summed E-state index contributed by atoms with van der Waals surface area (Å²) in [6.07, 6.45) is -5.03. The molecule has 2 aliphatic rings. The molecule has 6 aromatic rings. The van der Waals surface area contributed by atoms with Gasteiger partial charge in [-0.3, -0.25) is 18.9 Å². The van der Waals surface area contributed by atoms with E-state index in [1.807, 2.05) is 11.8 Å². The summed E-state index contributed by atoms with van der Waals surface area (Å²) in [6.45, 7) is 8.20. The first-order chi connectivity index (χ1) is 31.6. The van der Waals surface area contributed by atoms with Crippen LogP contribution in [-0.4, -0.2) is 92.4 Å². The Morgan fingerprint density at radius 3 is 2.34 bits per heavy atom. The van der Waals surface area contributed by atoms with Crippen molar-refractivity contribution < 1.29 is 53.5 Å². The number of amides is 2. The van der Waals surface area contributed by atoms with E-state index < -0.39 is 90.7 Å². The number of aromatic nitrogens is 6. The zero-order chi connectivity index (χ0) is 49.6. The lowest BCUT2D eigenvalue weighted by molar-refractivity contribution is -0.142. The Morgan fingerprint density at radius 1 is 1.01 bits per heavy atom. The molecular weight excluding hydrogens is 1060 g/mol. The van der Waals surface area contributed by atoms with E-state index in [1.165, 1.54) is 38.6 Å². The van der Waals surface area contributed by atoms with Gasteiger partial charge in [-0.05, 0) is 63.9 Å². The molecule has 1 saturated heterocycles. The van der Waals surface area contributed by atoms with Crippen LogP contribution in [0.4, 0.5) is 46.5 Å². The number of ether oxygens (including phenoxy) is 1. The molecule has 1 fully saturated rings. The molecule has 2 aromatic carbocycles. The normalized spacial score (nSPS) is 19.1. The lowest BCUT2D eigenvalue weighted by Gasteiger charge is -2.40. The van der Waals surface area contributed by atoms with Crippen LogP contribution in [0, 0.1) is 17.6 Å². The summed E-state index contributed by atoms with van der Waals surface area (Å²) in [6, 6.07) is 7.62. The van der Waals surface area contributed by atoms with Gasteiger partial charge in [0.15, 0.2) is 22.3 Å². The maximum absolute atomic E-state index is 15.8. The topological polar surface area (TPSA) is 169 Å². The number of carbonyl (C=O) groups excluding carboxylic acids is 2. The van der Waals surface area contributed by atoms with Crippen molar-refractivity contribution in [2.75, 3.05) is 35.5 Å². The number of hydrogen-bond donors (Lipinski definition) is 2. The number of nitrogens with one attached hydrogen (secondary N) is 2. The quantitative estimate of drug-likeness (QED) is 0.0768. The lowest BCUT2D eigenvalue weighted by atomic mass is 9.94. The van der Waals surface area contributed by atoms with E-state index in [4.69, 9.17) is 14.7 Å². The summed E-state index contributed by atoms with van der Waals surface area (Å²) in [5, 5.41) is 11.5. The molecule has 5 heterocycles. The van der Waals surface area contributed by atoms with Crippen LogP contribution in [0.15, 0.2) is 42.5 Å². The first-order valence-corrected chi connectivity index (χ1v) is 25.0. The van der Waals surface area contributed by atoms with Crippen LogP contribution >= 0.6 is 33.9 Å². The molecule has 25 heteroatoms. The third-order valence-corrected chi connectivity index (χ3v) is 14.9. The van der Waals surface area contributed by atoms with Crippen molar-refractivity contribution in [3.05, 3.63) is 82.3 Å². The number of halogens is 8. The van der Waals surface area contributed by atoms with Gasteiger partial charge < -0.3 is 19.9 Å². The third-order valence-electron chi connectivity index (χ3n) is 11.5. The predicted molar refractivity (Wildman–Crippen MR) is 248 cm³/mol. The number of rotatable bonds is 10. The highest BCUT2D eigenvalue weighted by Crippen LogP contribution is 2.58. The van der Waals surface area contributed by atoms with E-state index in [1.54, 1.807) is 57.0 Å². The average Bonchev–Trinajstić information content (AvgIpc) is 3.94. The molecule has 0 saturated carbocycles. The Hall–Kier alpha value is -5.31. The van der Waals surface area contributed by atoms with E-state index in [9.17, 15) is 40.0 Å². The number of alkyl halides is 6. The minimum Gasteiger partial charge on any atom is -0.444 e. The van der Waals surface area contributed by atoms with E-state index in [0.29, 0.717) is 62.2 Å². The van der Waals surface area contributed by atoms with Crippen LogP contribution in [0.25, 0.3) is 32.4 Å². The molecule has 0 radical (unpaired) electrons. The first-order valence-electron chi connectivity index (χ1n) is 21.0. The monoisotopic (exact) mass is 1100 g/mol. The summed E-state index contributed by atoms with van der Waals surface area (Å²) >= 11 is 2.77. The van der Waals surface area contributed by atoms with Crippen LogP contribution in [0.3, 0.4) is 0 Å². The first kappa shape index (κ1) is 49.1. The van der Waals surface area contributed by atoms with Gasteiger partial charge in [0.2, 0.25) is 15.9 Å². The predicted octanol–water partition coefficient (Wildman–Crippen LogP) is 8.87. The van der Waals surface area contributed by atoms with Gasteiger partial charge in [-0.2, -0.15) is 37.1 Å². The summed E-state index contributed by atoms with van der Waals surface area (Å²) in [7, 11) is -2.25. The molecule has 68 heavy (non-hydrogen) atoms. The van der Waals surface area contributed by atoms with Gasteiger partial charge in [-0.25, -0.2) is 27.0 Å². The van der Waals surface area contributed by atoms with E-state index in [2.05, 4.69) is 20.2 Å². The van der Waals surface area contributed by atoms with Crippen LogP contribution in [0.1, 0.15) is 72.8 Å². The van der Waals surface area contributed by atoms with Crippen LogP contribution < -0.4 is 14.9 Å². The zero-order valence-electron chi connectivity index (χ0n) is 37.3. The fourth-order valence-electron chi connectivity index (χ4n) is 8.63. The van der Waals surface area contributed by atoms with Crippen molar-refractivity contribution in [2.45, 2.75) is 81.3 Å². The molecule has 0 spiro atoms. The SMILES string of the molecule is C[C@@H]1CN(c2nc3nc([C@H](Cc4cc(F)cc(F)c4)NC(=O)Cn4nc(C(F)(F)F)c5c4C(F)(F)[C@H](C)[C@@H]5I)c(-c4cccc5c(NS(C)(=O)=O)nn(C)c45)cc3s2)CCN1C(=O)OC(C)(C)C. The maximum Gasteiger partial charge on any atom is 0.435 e. The highest BCUT2D eigenvalue weighted by Gasteiger charge is 2.58. The van der Waals surface area contributed by atoms with Gasteiger partial charge >= 0.3 is 12.3 Å². The molecule has 0 bridgehead atoms. The fraction of sp³-hybridized carbons (Fsp3) is 0.442. The summed E-state index contributed by atoms with van der Waals surface area (Å²) in [5.41, 5.74) is -2.74. The maximum atomic E-state index is 15.8. The molecule has 2 amide bonds. The number of benzene rings is 2. The number of aryl methyl sites for hydroxylation is 1. The second kappa shape index (κ2) is 17.6. The van der Waals surface area contributed by atoms with Gasteiger partial charge in [0.05, 0.1) is 28.2 Å². The van der Waals surface area contributed by atoms with Crippen molar-refractivity contribution in [1.29, 1.82) is 0 Å².